The van der Waals surface area contributed by atoms with Gasteiger partial charge in [-0.3, -0.25) is 14.4 Å². The van der Waals surface area contributed by atoms with E-state index in [4.69, 9.17) is 5.73 Å². The highest BCUT2D eigenvalue weighted by molar-refractivity contribution is 6.03. The van der Waals surface area contributed by atoms with E-state index in [1.165, 1.54) is 31.3 Å². The molecular formula is C13H12N4O3. The molecule has 1 heterocycles. The highest BCUT2D eigenvalue weighted by Gasteiger charge is 2.09. The van der Waals surface area contributed by atoms with Crippen molar-refractivity contribution in [3.8, 4) is 0 Å². The molecule has 2 amide bonds. The molecule has 0 unspecified atom stereocenters. The molecule has 2 rings (SSSR count). The van der Waals surface area contributed by atoms with E-state index < -0.39 is 11.8 Å². The molecule has 0 aliphatic heterocycles. The van der Waals surface area contributed by atoms with Crippen LogP contribution >= 0.6 is 0 Å². The number of primary amides is 1. The Balaban J connectivity index is 2.16. The van der Waals surface area contributed by atoms with Crippen LogP contribution in [0.15, 0.2) is 41.2 Å². The van der Waals surface area contributed by atoms with Crippen LogP contribution in [0, 0.1) is 0 Å². The monoisotopic (exact) mass is 272 g/mol. The number of carbonyl (C=O) groups excluding carboxylic acids is 2. The second kappa shape index (κ2) is 5.35. The molecule has 7 heteroatoms. The summed E-state index contributed by atoms with van der Waals surface area (Å²) in [6.45, 7) is 0. The maximum Gasteiger partial charge on any atom is 0.276 e. The van der Waals surface area contributed by atoms with Crippen molar-refractivity contribution in [1.82, 2.24) is 9.78 Å². The molecule has 0 spiro atoms. The van der Waals surface area contributed by atoms with Gasteiger partial charge < -0.3 is 11.1 Å². The Hall–Kier alpha value is -2.96. The number of nitrogens with zero attached hydrogens (tertiary/aromatic N) is 2. The van der Waals surface area contributed by atoms with Gasteiger partial charge in [0.15, 0.2) is 0 Å². The van der Waals surface area contributed by atoms with Crippen molar-refractivity contribution in [2.45, 2.75) is 0 Å². The fourth-order valence-electron chi connectivity index (χ4n) is 1.54. The van der Waals surface area contributed by atoms with Crippen molar-refractivity contribution in [3.63, 3.8) is 0 Å². The molecule has 7 nitrogen and oxygen atoms in total. The fraction of sp³-hybridized carbons (Fsp3) is 0.0769. The SMILES string of the molecule is Cn1nc(C(=O)Nc2ccc(C(N)=O)cc2)ccc1=O. The Morgan fingerprint density at radius 3 is 2.35 bits per heavy atom. The van der Waals surface area contributed by atoms with Crippen molar-refractivity contribution in [2.24, 2.45) is 12.8 Å². The number of amides is 2. The third kappa shape index (κ3) is 2.89. The summed E-state index contributed by atoms with van der Waals surface area (Å²) in [5, 5.41) is 6.43. The van der Waals surface area contributed by atoms with E-state index in [-0.39, 0.29) is 11.3 Å². The van der Waals surface area contributed by atoms with Crippen LogP contribution in [0.3, 0.4) is 0 Å². The number of benzene rings is 1. The summed E-state index contributed by atoms with van der Waals surface area (Å²) in [5.41, 5.74) is 5.78. The predicted molar refractivity (Wildman–Crippen MR) is 72.4 cm³/mol. The Kier molecular flexibility index (Phi) is 3.60. The lowest BCUT2D eigenvalue weighted by atomic mass is 10.2. The minimum Gasteiger partial charge on any atom is -0.366 e. The summed E-state index contributed by atoms with van der Waals surface area (Å²) in [6.07, 6.45) is 0. The first-order valence-corrected chi connectivity index (χ1v) is 5.73. The zero-order valence-electron chi connectivity index (χ0n) is 10.7. The summed E-state index contributed by atoms with van der Waals surface area (Å²) in [7, 11) is 1.46. The van der Waals surface area contributed by atoms with Crippen LogP contribution in [0.4, 0.5) is 5.69 Å². The van der Waals surface area contributed by atoms with Crippen molar-refractivity contribution in [2.75, 3.05) is 5.32 Å². The number of carbonyl (C=O) groups is 2. The Morgan fingerprint density at radius 2 is 1.80 bits per heavy atom. The standard InChI is InChI=1S/C13H12N4O3/c1-17-11(18)7-6-10(16-17)13(20)15-9-4-2-8(3-5-9)12(14)19/h2-7H,1H3,(H2,14,19)(H,15,20). The first-order valence-electron chi connectivity index (χ1n) is 5.73. The van der Waals surface area contributed by atoms with E-state index >= 15 is 0 Å². The summed E-state index contributed by atoms with van der Waals surface area (Å²) in [6, 6.07) is 8.73. The topological polar surface area (TPSA) is 107 Å². The van der Waals surface area contributed by atoms with Crippen LogP contribution in [0.5, 0.6) is 0 Å². The van der Waals surface area contributed by atoms with Crippen LogP contribution in [-0.2, 0) is 7.05 Å². The van der Waals surface area contributed by atoms with Crippen LogP contribution in [0.2, 0.25) is 0 Å². The lowest BCUT2D eigenvalue weighted by molar-refractivity contribution is 0.0997. The second-order valence-electron chi connectivity index (χ2n) is 4.08. The molecule has 1 aromatic carbocycles. The molecule has 1 aromatic heterocycles. The zero-order chi connectivity index (χ0) is 14.7. The molecule has 0 radical (unpaired) electrons. The number of hydrogen-bond donors (Lipinski definition) is 2. The largest absolute Gasteiger partial charge is 0.366 e. The quantitative estimate of drug-likeness (QED) is 0.828. The van der Waals surface area contributed by atoms with Gasteiger partial charge in [-0.25, -0.2) is 4.68 Å². The highest BCUT2D eigenvalue weighted by atomic mass is 16.2. The third-order valence-electron chi connectivity index (χ3n) is 2.62. The summed E-state index contributed by atoms with van der Waals surface area (Å²) in [4.78, 5) is 34.0. The predicted octanol–water partition coefficient (Wildman–Crippen LogP) is 0.132. The lowest BCUT2D eigenvalue weighted by Crippen LogP contribution is -2.23. The number of anilines is 1. The van der Waals surface area contributed by atoms with E-state index in [0.717, 1.165) is 4.68 Å². The van der Waals surface area contributed by atoms with Crippen molar-refractivity contribution in [3.05, 3.63) is 58.0 Å². The highest BCUT2D eigenvalue weighted by Crippen LogP contribution is 2.10. The van der Waals surface area contributed by atoms with Crippen LogP contribution in [0.1, 0.15) is 20.8 Å². The average molecular weight is 272 g/mol. The van der Waals surface area contributed by atoms with Crippen LogP contribution < -0.4 is 16.6 Å². The summed E-state index contributed by atoms with van der Waals surface area (Å²) >= 11 is 0. The van der Waals surface area contributed by atoms with Gasteiger partial charge in [-0.15, -0.1) is 0 Å². The van der Waals surface area contributed by atoms with Gasteiger partial charge in [0.25, 0.3) is 11.5 Å². The molecule has 3 N–H and O–H groups in total. The Morgan fingerprint density at radius 1 is 1.15 bits per heavy atom. The first-order chi connectivity index (χ1) is 9.47. The molecule has 0 aliphatic carbocycles. The average Bonchev–Trinajstić information content (AvgIpc) is 2.42. The molecular weight excluding hydrogens is 260 g/mol. The number of rotatable bonds is 3. The number of aromatic nitrogens is 2. The first kappa shape index (κ1) is 13.5. The molecule has 0 aliphatic rings. The van der Waals surface area contributed by atoms with E-state index in [9.17, 15) is 14.4 Å². The Bertz CT molecular complexity index is 719. The van der Waals surface area contributed by atoms with E-state index in [1.54, 1.807) is 12.1 Å². The van der Waals surface area contributed by atoms with Gasteiger partial charge in [0.1, 0.15) is 5.69 Å². The molecule has 2 aromatic rings. The van der Waals surface area contributed by atoms with Gasteiger partial charge in [-0.05, 0) is 30.3 Å². The van der Waals surface area contributed by atoms with Crippen LogP contribution in [-0.4, -0.2) is 21.6 Å². The molecule has 20 heavy (non-hydrogen) atoms. The smallest absolute Gasteiger partial charge is 0.276 e. The number of nitrogens with two attached hydrogens (primary N) is 1. The maximum absolute atomic E-state index is 11.9. The van der Waals surface area contributed by atoms with Gasteiger partial charge >= 0.3 is 0 Å². The van der Waals surface area contributed by atoms with E-state index in [1.807, 2.05) is 0 Å². The van der Waals surface area contributed by atoms with E-state index in [0.29, 0.717) is 11.3 Å². The van der Waals surface area contributed by atoms with Crippen LogP contribution in [0.25, 0.3) is 0 Å². The number of nitrogens with one attached hydrogen (secondary N) is 1. The summed E-state index contributed by atoms with van der Waals surface area (Å²) in [5.74, 6) is -0.991. The maximum atomic E-state index is 11.9. The van der Waals surface area contributed by atoms with Gasteiger partial charge in [0, 0.05) is 24.4 Å². The van der Waals surface area contributed by atoms with Gasteiger partial charge in [0.05, 0.1) is 0 Å². The molecule has 0 bridgehead atoms. The number of aryl methyl sites for hydroxylation is 1. The molecule has 0 saturated carbocycles. The van der Waals surface area contributed by atoms with Crippen molar-refractivity contribution in [1.29, 1.82) is 0 Å². The minimum atomic E-state index is -0.539. The van der Waals surface area contributed by atoms with Gasteiger partial charge in [0.2, 0.25) is 5.91 Å². The lowest BCUT2D eigenvalue weighted by Gasteiger charge is -2.05. The molecule has 0 atom stereocenters. The van der Waals surface area contributed by atoms with E-state index in [2.05, 4.69) is 10.4 Å². The molecule has 102 valence electrons. The van der Waals surface area contributed by atoms with Gasteiger partial charge in [-0.1, -0.05) is 0 Å². The fourth-order valence-corrected chi connectivity index (χ4v) is 1.54. The minimum absolute atomic E-state index is 0.117. The normalized spacial score (nSPS) is 10.1. The third-order valence-corrected chi connectivity index (χ3v) is 2.62. The zero-order valence-corrected chi connectivity index (χ0v) is 10.7. The van der Waals surface area contributed by atoms with Gasteiger partial charge in [-0.2, -0.15) is 5.10 Å². The summed E-state index contributed by atoms with van der Waals surface area (Å²) < 4.78 is 1.07. The van der Waals surface area contributed by atoms with Crippen molar-refractivity contribution < 1.29 is 9.59 Å². The molecule has 0 saturated heterocycles. The Labute approximate surface area is 114 Å². The van der Waals surface area contributed by atoms with Crippen molar-refractivity contribution >= 4 is 17.5 Å². The number of hydrogen-bond acceptors (Lipinski definition) is 4. The molecule has 0 fully saturated rings. The second-order valence-corrected chi connectivity index (χ2v) is 4.08.